The average Bonchev–Trinajstić information content (AvgIpc) is 2.83. The fraction of sp³-hybridized carbons (Fsp3) is 0.560. The summed E-state index contributed by atoms with van der Waals surface area (Å²) in [5, 5.41) is 5.30. The van der Waals surface area contributed by atoms with E-state index >= 15 is 0 Å². The van der Waals surface area contributed by atoms with Gasteiger partial charge in [0.15, 0.2) is 0 Å². The lowest BCUT2D eigenvalue weighted by Crippen LogP contribution is -2.48. The van der Waals surface area contributed by atoms with Gasteiger partial charge in [0.25, 0.3) is 0 Å². The van der Waals surface area contributed by atoms with E-state index in [0.717, 1.165) is 18.4 Å². The molecule has 0 spiro atoms. The van der Waals surface area contributed by atoms with Crippen molar-refractivity contribution in [2.24, 2.45) is 5.92 Å². The first kappa shape index (κ1) is 27.2. The van der Waals surface area contributed by atoms with Crippen molar-refractivity contribution in [3.05, 3.63) is 47.8 Å². The van der Waals surface area contributed by atoms with Crippen LogP contribution in [0.1, 0.15) is 45.6 Å². The van der Waals surface area contributed by atoms with Gasteiger partial charge in [-0.15, -0.1) is 0 Å². The fourth-order valence-corrected chi connectivity index (χ4v) is 3.24. The summed E-state index contributed by atoms with van der Waals surface area (Å²) >= 11 is 0. The standard InChI is InChI=1S/C25H37N3O6/c1-4-5-13-33-24(30)22(17-28-11-14-32-15-12-28)26-23(29)21(16-19(2)3)27-25(31)34-18-20-9-7-6-8-10-20/h6-10,17,19,21H,4-5,11-16,18H2,1-3H3,(H,26,29)(H,27,31)/b22-17+. The van der Waals surface area contributed by atoms with Crippen molar-refractivity contribution in [3.63, 3.8) is 0 Å². The minimum absolute atomic E-state index is 0.0382. The first-order valence-electron chi connectivity index (χ1n) is 11.9. The van der Waals surface area contributed by atoms with E-state index in [9.17, 15) is 14.4 Å². The summed E-state index contributed by atoms with van der Waals surface area (Å²) in [5.74, 6) is -0.992. The number of carbonyl (C=O) groups excluding carboxylic acids is 3. The largest absolute Gasteiger partial charge is 0.461 e. The van der Waals surface area contributed by atoms with Gasteiger partial charge in [-0.05, 0) is 24.3 Å². The number of esters is 1. The Morgan fingerprint density at radius 3 is 2.47 bits per heavy atom. The number of benzene rings is 1. The number of nitrogens with zero attached hydrogens (tertiary/aromatic N) is 1. The van der Waals surface area contributed by atoms with Crippen molar-refractivity contribution in [2.75, 3.05) is 32.9 Å². The number of nitrogens with one attached hydrogen (secondary N) is 2. The smallest absolute Gasteiger partial charge is 0.408 e. The Bertz CT molecular complexity index is 806. The molecule has 9 nitrogen and oxygen atoms in total. The van der Waals surface area contributed by atoms with E-state index in [1.54, 1.807) is 6.20 Å². The van der Waals surface area contributed by atoms with Crippen LogP contribution in [0.3, 0.4) is 0 Å². The zero-order valence-corrected chi connectivity index (χ0v) is 20.4. The van der Waals surface area contributed by atoms with Gasteiger partial charge in [0, 0.05) is 19.3 Å². The van der Waals surface area contributed by atoms with Crippen molar-refractivity contribution in [1.82, 2.24) is 15.5 Å². The maximum absolute atomic E-state index is 13.1. The van der Waals surface area contributed by atoms with Crippen LogP contribution in [0.5, 0.6) is 0 Å². The van der Waals surface area contributed by atoms with E-state index in [-0.39, 0.29) is 24.8 Å². The summed E-state index contributed by atoms with van der Waals surface area (Å²) in [6.45, 7) is 8.52. The lowest BCUT2D eigenvalue weighted by atomic mass is 10.0. The number of rotatable bonds is 12. The van der Waals surface area contributed by atoms with Crippen molar-refractivity contribution in [3.8, 4) is 0 Å². The van der Waals surface area contributed by atoms with Crippen LogP contribution >= 0.6 is 0 Å². The van der Waals surface area contributed by atoms with Crippen LogP contribution in [0.2, 0.25) is 0 Å². The van der Waals surface area contributed by atoms with Gasteiger partial charge in [-0.1, -0.05) is 57.5 Å². The monoisotopic (exact) mass is 475 g/mol. The van der Waals surface area contributed by atoms with E-state index in [4.69, 9.17) is 14.2 Å². The molecule has 34 heavy (non-hydrogen) atoms. The van der Waals surface area contributed by atoms with Gasteiger partial charge in [-0.3, -0.25) is 4.79 Å². The third-order valence-corrected chi connectivity index (χ3v) is 5.09. The van der Waals surface area contributed by atoms with Crippen LogP contribution in [0, 0.1) is 5.92 Å². The molecule has 9 heteroatoms. The number of hydrogen-bond acceptors (Lipinski definition) is 7. The fourth-order valence-electron chi connectivity index (χ4n) is 3.24. The number of ether oxygens (including phenoxy) is 3. The first-order valence-corrected chi connectivity index (χ1v) is 11.9. The summed E-state index contributed by atoms with van der Waals surface area (Å²) in [5.41, 5.74) is 0.879. The van der Waals surface area contributed by atoms with Crippen molar-refractivity contribution in [1.29, 1.82) is 0 Å². The lowest BCUT2D eigenvalue weighted by Gasteiger charge is -2.26. The Labute approximate surface area is 201 Å². The molecule has 1 heterocycles. The van der Waals surface area contributed by atoms with Crippen molar-refractivity contribution in [2.45, 2.75) is 52.7 Å². The summed E-state index contributed by atoms with van der Waals surface area (Å²) in [6, 6.07) is 8.40. The molecule has 1 aliphatic heterocycles. The molecule has 0 saturated carbocycles. The molecule has 2 N–H and O–H groups in total. The number of carbonyl (C=O) groups is 3. The number of amides is 2. The summed E-state index contributed by atoms with van der Waals surface area (Å²) in [7, 11) is 0. The molecule has 0 aliphatic carbocycles. The predicted molar refractivity (Wildman–Crippen MR) is 127 cm³/mol. The third kappa shape index (κ3) is 10.2. The molecule has 1 aromatic rings. The molecule has 188 valence electrons. The van der Waals surface area contributed by atoms with Crippen LogP contribution in [-0.4, -0.2) is 61.8 Å². The molecule has 1 aromatic carbocycles. The Hall–Kier alpha value is -3.07. The maximum Gasteiger partial charge on any atom is 0.408 e. The minimum atomic E-state index is -0.875. The molecule has 0 radical (unpaired) electrons. The van der Waals surface area contributed by atoms with Gasteiger partial charge in [0.2, 0.25) is 5.91 Å². The highest BCUT2D eigenvalue weighted by molar-refractivity contribution is 5.96. The van der Waals surface area contributed by atoms with E-state index in [1.165, 1.54) is 0 Å². The molecule has 1 saturated heterocycles. The minimum Gasteiger partial charge on any atom is -0.461 e. The lowest BCUT2D eigenvalue weighted by molar-refractivity contribution is -0.141. The zero-order valence-electron chi connectivity index (χ0n) is 20.4. The third-order valence-electron chi connectivity index (χ3n) is 5.09. The second-order valence-corrected chi connectivity index (χ2v) is 8.56. The Balaban J connectivity index is 2.05. The van der Waals surface area contributed by atoms with Crippen LogP contribution < -0.4 is 10.6 Å². The second-order valence-electron chi connectivity index (χ2n) is 8.56. The van der Waals surface area contributed by atoms with Crippen LogP contribution in [0.25, 0.3) is 0 Å². The molecule has 2 amide bonds. The Kier molecular flexibility index (Phi) is 12.0. The van der Waals surface area contributed by atoms with E-state index in [2.05, 4.69) is 10.6 Å². The normalized spacial score (nSPS) is 14.9. The summed E-state index contributed by atoms with van der Waals surface area (Å²) in [6.07, 6.45) is 2.88. The molecule has 1 fully saturated rings. The van der Waals surface area contributed by atoms with Gasteiger partial charge >= 0.3 is 12.1 Å². The molecular weight excluding hydrogens is 438 g/mol. The topological polar surface area (TPSA) is 106 Å². The quantitative estimate of drug-likeness (QED) is 0.272. The van der Waals surface area contributed by atoms with Crippen molar-refractivity contribution >= 4 is 18.0 Å². The van der Waals surface area contributed by atoms with Gasteiger partial charge in [-0.2, -0.15) is 0 Å². The maximum atomic E-state index is 13.1. The van der Waals surface area contributed by atoms with Gasteiger partial charge < -0.3 is 29.7 Å². The number of alkyl carbamates (subject to hydrolysis) is 1. The second kappa shape index (κ2) is 15.0. The number of unbranched alkanes of at least 4 members (excludes halogenated alkanes) is 1. The Morgan fingerprint density at radius 1 is 1.12 bits per heavy atom. The van der Waals surface area contributed by atoms with E-state index < -0.39 is 24.0 Å². The average molecular weight is 476 g/mol. The van der Waals surface area contributed by atoms with Gasteiger partial charge in [0.05, 0.1) is 19.8 Å². The SMILES string of the molecule is CCCCOC(=O)/C(=C\N1CCOCC1)NC(=O)C(CC(C)C)NC(=O)OCc1ccccc1. The highest BCUT2D eigenvalue weighted by atomic mass is 16.5. The van der Waals surface area contributed by atoms with E-state index in [1.807, 2.05) is 56.0 Å². The molecule has 2 rings (SSSR count). The van der Waals surface area contributed by atoms with Gasteiger partial charge in [-0.25, -0.2) is 9.59 Å². The van der Waals surface area contributed by atoms with Crippen LogP contribution in [0.4, 0.5) is 4.79 Å². The van der Waals surface area contributed by atoms with Crippen LogP contribution in [0.15, 0.2) is 42.2 Å². The molecule has 0 bridgehead atoms. The summed E-state index contributed by atoms with van der Waals surface area (Å²) in [4.78, 5) is 40.1. The highest BCUT2D eigenvalue weighted by Crippen LogP contribution is 2.09. The number of hydrogen-bond donors (Lipinski definition) is 2. The molecular formula is C25H37N3O6. The van der Waals surface area contributed by atoms with Crippen molar-refractivity contribution < 1.29 is 28.6 Å². The Morgan fingerprint density at radius 2 is 1.82 bits per heavy atom. The predicted octanol–water partition coefficient (Wildman–Crippen LogP) is 2.96. The molecule has 1 unspecified atom stereocenters. The molecule has 0 aromatic heterocycles. The molecule has 1 aliphatic rings. The molecule has 1 atom stereocenters. The van der Waals surface area contributed by atoms with E-state index in [0.29, 0.717) is 32.7 Å². The van der Waals surface area contributed by atoms with Crippen LogP contribution in [-0.2, 0) is 30.4 Å². The summed E-state index contributed by atoms with van der Waals surface area (Å²) < 4.78 is 15.9. The first-order chi connectivity index (χ1) is 16.4. The highest BCUT2D eigenvalue weighted by Gasteiger charge is 2.26. The number of morpholine rings is 1. The van der Waals surface area contributed by atoms with Gasteiger partial charge in [0.1, 0.15) is 18.3 Å². The zero-order chi connectivity index (χ0) is 24.8.